The highest BCUT2D eigenvalue weighted by atomic mass is 32.3. The van der Waals surface area contributed by atoms with E-state index >= 15 is 0 Å². The highest BCUT2D eigenvalue weighted by Crippen LogP contribution is 2.63. The number of sulfonamides is 1. The topological polar surface area (TPSA) is 153 Å². The second-order valence-electron chi connectivity index (χ2n) is 11.2. The number of carbonyl (C=O) groups is 2. The van der Waals surface area contributed by atoms with E-state index in [4.69, 9.17) is 4.74 Å². The molecule has 3 aromatic carbocycles. The molecule has 2 aliphatic heterocycles. The van der Waals surface area contributed by atoms with Crippen LogP contribution >= 0.6 is 10.6 Å². The lowest BCUT2D eigenvalue weighted by molar-refractivity contribution is 0.0696. The molecule has 222 valence electrons. The van der Waals surface area contributed by atoms with Gasteiger partial charge in [0.2, 0.25) is 0 Å². The molecule has 1 amide bonds. The molecule has 1 atom stereocenters. The van der Waals surface area contributed by atoms with Gasteiger partial charge >= 0.3 is 5.97 Å². The van der Waals surface area contributed by atoms with E-state index in [9.17, 15) is 32.2 Å². The van der Waals surface area contributed by atoms with Gasteiger partial charge in [-0.05, 0) is 85.7 Å². The molecule has 1 spiro atoms. The number of nitrogens with zero attached hydrogens (tertiary/aromatic N) is 1. The van der Waals surface area contributed by atoms with Crippen molar-refractivity contribution in [3.8, 4) is 5.75 Å². The van der Waals surface area contributed by atoms with E-state index in [2.05, 4.69) is 5.32 Å². The Labute approximate surface area is 245 Å². The maximum absolute atomic E-state index is 14.4. The minimum atomic E-state index is -4.06. The molecule has 12 heteroatoms. The number of carboxylic acids is 1. The summed E-state index contributed by atoms with van der Waals surface area (Å²) in [6, 6.07) is 16.8. The summed E-state index contributed by atoms with van der Waals surface area (Å²) in [5.41, 5.74) is 1.13. The van der Waals surface area contributed by atoms with Gasteiger partial charge in [-0.3, -0.25) is 18.2 Å². The molecule has 1 aliphatic carbocycles. The predicted molar refractivity (Wildman–Crippen MR) is 160 cm³/mol. The molecule has 2 fully saturated rings. The Morgan fingerprint density at radius 3 is 2.36 bits per heavy atom. The van der Waals surface area contributed by atoms with Gasteiger partial charge in [0.05, 0.1) is 29.3 Å². The van der Waals surface area contributed by atoms with Gasteiger partial charge in [-0.2, -0.15) is 10.6 Å². The summed E-state index contributed by atoms with van der Waals surface area (Å²) in [7, 11) is -5.36. The van der Waals surface area contributed by atoms with Crippen molar-refractivity contribution in [1.29, 1.82) is 0 Å². The van der Waals surface area contributed by atoms with Crippen LogP contribution in [0.3, 0.4) is 0 Å². The van der Waals surface area contributed by atoms with Crippen molar-refractivity contribution in [2.24, 2.45) is 5.92 Å². The van der Waals surface area contributed by atoms with Gasteiger partial charge in [0.25, 0.3) is 15.9 Å². The van der Waals surface area contributed by atoms with Gasteiger partial charge in [-0.15, -0.1) is 0 Å². The molecule has 3 aromatic rings. The molecular weight excluding hydrogens is 580 g/mol. The van der Waals surface area contributed by atoms with Crippen LogP contribution in [0.25, 0.3) is 0 Å². The maximum Gasteiger partial charge on any atom is 0.335 e. The first kappa shape index (κ1) is 28.5. The lowest BCUT2D eigenvalue weighted by Crippen LogP contribution is -2.51. The monoisotopic (exact) mass is 612 g/mol. The maximum atomic E-state index is 14.4. The number of benzene rings is 3. The standard InChI is InChI=1S/C30H32N2O8S2/c1-40-23-6-3-7-24(18-23)42(38,39)32-26-11-10-20(28(33)31-22-5-2-4-21(16-22)29(34)35)17-25(26)30(27(32)19-8-9-19)12-14-41(36,37)15-13-30/h2-7,10-11,16-19,27,36-37H,8-9,12-15H2,1H3,(H,31,33)(H,34,35). The van der Waals surface area contributed by atoms with Gasteiger partial charge in [-0.25, -0.2) is 13.2 Å². The molecule has 6 rings (SSSR count). The molecule has 4 N–H and O–H groups in total. The van der Waals surface area contributed by atoms with E-state index in [-0.39, 0.29) is 27.9 Å². The second kappa shape index (κ2) is 10.3. The Morgan fingerprint density at radius 2 is 1.69 bits per heavy atom. The molecule has 0 aromatic heterocycles. The number of amides is 1. The minimum Gasteiger partial charge on any atom is -0.497 e. The average molecular weight is 613 g/mol. The number of hydrogen-bond acceptors (Lipinski definition) is 7. The molecule has 2 heterocycles. The lowest BCUT2D eigenvalue weighted by atomic mass is 9.70. The normalized spacial score (nSPS) is 21.4. The zero-order valence-corrected chi connectivity index (χ0v) is 24.5. The summed E-state index contributed by atoms with van der Waals surface area (Å²) >= 11 is 0. The predicted octanol–water partition coefficient (Wildman–Crippen LogP) is 5.42. The first-order valence-electron chi connectivity index (χ1n) is 13.7. The summed E-state index contributed by atoms with van der Waals surface area (Å²) < 4.78 is 56.6. The molecular formula is C30H32N2O8S2. The number of anilines is 2. The molecule has 42 heavy (non-hydrogen) atoms. The van der Waals surface area contributed by atoms with Crippen LogP contribution in [-0.4, -0.2) is 59.2 Å². The Morgan fingerprint density at radius 1 is 0.976 bits per heavy atom. The number of carboxylic acid groups (broad SMARTS) is 1. The fourth-order valence-electron chi connectivity index (χ4n) is 6.43. The second-order valence-corrected chi connectivity index (χ2v) is 15.4. The average Bonchev–Trinajstić information content (AvgIpc) is 3.77. The molecule has 10 nitrogen and oxygen atoms in total. The van der Waals surface area contributed by atoms with Gasteiger partial charge in [0.1, 0.15) is 5.75 Å². The van der Waals surface area contributed by atoms with Crippen LogP contribution in [-0.2, 0) is 15.4 Å². The summed E-state index contributed by atoms with van der Waals surface area (Å²) in [5, 5.41) is 12.1. The summed E-state index contributed by atoms with van der Waals surface area (Å²) in [5.74, 6) is -0.764. The third-order valence-corrected chi connectivity index (χ3v) is 12.1. The van der Waals surface area contributed by atoms with Crippen molar-refractivity contribution in [1.82, 2.24) is 0 Å². The molecule has 1 unspecified atom stereocenters. The van der Waals surface area contributed by atoms with Crippen LogP contribution in [0.1, 0.15) is 52.0 Å². The van der Waals surface area contributed by atoms with Crippen LogP contribution in [0.15, 0.2) is 71.6 Å². The highest BCUT2D eigenvalue weighted by molar-refractivity contribution is 8.24. The highest BCUT2D eigenvalue weighted by Gasteiger charge is 2.60. The number of ether oxygens (including phenoxy) is 1. The summed E-state index contributed by atoms with van der Waals surface area (Å²) in [4.78, 5) is 24.9. The number of aromatic carboxylic acids is 1. The number of nitrogens with one attached hydrogen (secondary N) is 1. The van der Waals surface area contributed by atoms with E-state index in [0.29, 0.717) is 41.1 Å². The van der Waals surface area contributed by atoms with Crippen LogP contribution in [0.4, 0.5) is 11.4 Å². The van der Waals surface area contributed by atoms with Crippen molar-refractivity contribution < 1.29 is 37.0 Å². The fraction of sp³-hybridized carbons (Fsp3) is 0.333. The first-order valence-corrected chi connectivity index (χ1v) is 17.0. The minimum absolute atomic E-state index is 0.0348. The van der Waals surface area contributed by atoms with Crippen molar-refractivity contribution in [3.05, 3.63) is 83.4 Å². The van der Waals surface area contributed by atoms with Crippen LogP contribution in [0.2, 0.25) is 0 Å². The van der Waals surface area contributed by atoms with Crippen LogP contribution in [0, 0.1) is 5.92 Å². The van der Waals surface area contributed by atoms with Crippen molar-refractivity contribution in [3.63, 3.8) is 0 Å². The third-order valence-electron chi connectivity index (χ3n) is 8.64. The van der Waals surface area contributed by atoms with Crippen molar-refractivity contribution >= 4 is 43.9 Å². The molecule has 0 radical (unpaired) electrons. The van der Waals surface area contributed by atoms with Crippen molar-refractivity contribution in [2.45, 2.75) is 42.0 Å². The lowest BCUT2D eigenvalue weighted by Gasteiger charge is -2.48. The quantitative estimate of drug-likeness (QED) is 0.276. The third kappa shape index (κ3) is 4.91. The number of methoxy groups -OCH3 is 1. The molecule has 3 aliphatic rings. The molecule has 1 saturated carbocycles. The largest absolute Gasteiger partial charge is 0.497 e. The Bertz CT molecular complexity index is 1680. The first-order chi connectivity index (χ1) is 19.9. The number of fused-ring (bicyclic) bond motifs is 2. The van der Waals surface area contributed by atoms with Gasteiger partial charge in [-0.1, -0.05) is 12.1 Å². The zero-order valence-electron chi connectivity index (χ0n) is 22.9. The van der Waals surface area contributed by atoms with E-state index in [1.54, 1.807) is 42.5 Å². The van der Waals surface area contributed by atoms with Crippen molar-refractivity contribution in [2.75, 3.05) is 28.2 Å². The van der Waals surface area contributed by atoms with Crippen LogP contribution in [0.5, 0.6) is 5.75 Å². The van der Waals surface area contributed by atoms with E-state index in [1.807, 2.05) is 0 Å². The smallest absolute Gasteiger partial charge is 0.335 e. The number of rotatable bonds is 7. The van der Waals surface area contributed by atoms with E-state index < -0.39 is 43.9 Å². The van der Waals surface area contributed by atoms with Gasteiger partial charge in [0.15, 0.2) is 0 Å². The zero-order chi connectivity index (χ0) is 29.9. The Kier molecular flexibility index (Phi) is 7.00. The number of hydrogen-bond donors (Lipinski definition) is 4. The summed E-state index contributed by atoms with van der Waals surface area (Å²) in [6.45, 7) is 0. The van der Waals surface area contributed by atoms with Crippen LogP contribution < -0.4 is 14.4 Å². The Hall–Kier alpha value is -3.58. The number of carbonyl (C=O) groups excluding carboxylic acids is 1. The summed E-state index contributed by atoms with van der Waals surface area (Å²) in [6.07, 6.45) is 2.46. The fourth-order valence-corrected chi connectivity index (χ4v) is 9.85. The SMILES string of the molecule is COc1cccc(S(=O)(=O)N2c3ccc(C(=O)Nc4cccc(C(=O)O)c4)cc3C3(CCS(O)(O)CC3)C2C2CC2)c1. The van der Waals surface area contributed by atoms with Gasteiger partial charge in [0, 0.05) is 34.2 Å². The van der Waals surface area contributed by atoms with E-state index in [1.165, 1.54) is 35.7 Å². The molecule has 0 bridgehead atoms. The van der Waals surface area contributed by atoms with Gasteiger partial charge < -0.3 is 15.2 Å². The van der Waals surface area contributed by atoms with E-state index in [0.717, 1.165) is 12.8 Å². The molecule has 1 saturated heterocycles. The Balaban J connectivity index is 1.45.